The minimum absolute atomic E-state index is 0.0578. The van der Waals surface area contributed by atoms with E-state index in [-0.39, 0.29) is 19.4 Å². The van der Waals surface area contributed by atoms with E-state index < -0.39 is 53.0 Å². The molecule has 1 aromatic rings. The maximum absolute atomic E-state index is 13.0. The van der Waals surface area contributed by atoms with E-state index in [0.29, 0.717) is 6.54 Å². The van der Waals surface area contributed by atoms with Crippen LogP contribution in [-0.2, 0) is 25.5 Å². The second-order valence-electron chi connectivity index (χ2n) is 11.7. The van der Waals surface area contributed by atoms with Crippen LogP contribution in [0.5, 0.6) is 0 Å². The molecular weight excluding hydrogens is 526 g/mol. The van der Waals surface area contributed by atoms with Crippen molar-refractivity contribution in [1.82, 2.24) is 15.5 Å². The molecule has 220 valence electrons. The maximum atomic E-state index is 13.0. The number of rotatable bonds is 8. The van der Waals surface area contributed by atoms with Gasteiger partial charge in [0.15, 0.2) is 0 Å². The van der Waals surface area contributed by atoms with Gasteiger partial charge in [0.25, 0.3) is 0 Å². The summed E-state index contributed by atoms with van der Waals surface area (Å²) in [6.45, 7) is 15.4. The fourth-order valence-corrected chi connectivity index (χ4v) is 3.58. The summed E-state index contributed by atoms with van der Waals surface area (Å²) in [5, 5.41) is 7.29. The van der Waals surface area contributed by atoms with Crippen molar-refractivity contribution < 1.29 is 33.4 Å². The van der Waals surface area contributed by atoms with E-state index in [2.05, 4.69) is 15.6 Å². The highest BCUT2D eigenvalue weighted by Crippen LogP contribution is 2.14. The summed E-state index contributed by atoms with van der Waals surface area (Å²) in [5.74, 6) is -0.842. The van der Waals surface area contributed by atoms with Crippen molar-refractivity contribution in [1.29, 1.82) is 0 Å². The molecule has 4 amide bonds. The molecule has 4 N–H and O–H groups in total. The van der Waals surface area contributed by atoms with Crippen molar-refractivity contribution in [3.63, 3.8) is 0 Å². The molecule has 0 fully saturated rings. The molecule has 13 heteroatoms. The Bertz CT molecular complexity index is 1010. The third-order valence-corrected chi connectivity index (χ3v) is 5.27. The van der Waals surface area contributed by atoms with Crippen LogP contribution in [0.4, 0.5) is 14.4 Å². The lowest BCUT2D eigenvalue weighted by Gasteiger charge is -2.27. The molecule has 0 aromatic carbocycles. The van der Waals surface area contributed by atoms with Crippen LogP contribution in [-0.4, -0.2) is 64.4 Å². The Balaban J connectivity index is 3.03. The van der Waals surface area contributed by atoms with Crippen LogP contribution >= 0.6 is 11.3 Å². The fraction of sp³-hybridized carbons (Fsp3) is 0.654. The Morgan fingerprint density at radius 3 is 2.08 bits per heavy atom. The highest BCUT2D eigenvalue weighted by atomic mass is 32.1. The largest absolute Gasteiger partial charge is 0.444 e. The Kier molecular flexibility index (Phi) is 12.2. The second kappa shape index (κ2) is 14.2. The SMILES string of the molecule is CC(C)(C)OC(=O)/N=C(\N)N(CCCC(NC(=O)OC(C)(C)C)C(=O)NCc1cccs1)C(=O)OC(C)(C)C. The zero-order valence-electron chi connectivity index (χ0n) is 24.4. The first-order valence-electron chi connectivity index (χ1n) is 12.6. The highest BCUT2D eigenvalue weighted by molar-refractivity contribution is 7.09. The quantitative estimate of drug-likeness (QED) is 0.234. The molecule has 0 bridgehead atoms. The average molecular weight is 570 g/mol. The van der Waals surface area contributed by atoms with Gasteiger partial charge >= 0.3 is 18.3 Å². The number of hydrogen-bond donors (Lipinski definition) is 3. The zero-order chi connectivity index (χ0) is 30.0. The Morgan fingerprint density at radius 1 is 0.974 bits per heavy atom. The van der Waals surface area contributed by atoms with Gasteiger partial charge < -0.3 is 30.6 Å². The molecule has 0 aliphatic rings. The van der Waals surface area contributed by atoms with Gasteiger partial charge in [0.1, 0.15) is 22.8 Å². The predicted octanol–water partition coefficient (Wildman–Crippen LogP) is 4.52. The van der Waals surface area contributed by atoms with Gasteiger partial charge in [-0.3, -0.25) is 4.79 Å². The van der Waals surface area contributed by atoms with Crippen molar-refractivity contribution in [2.24, 2.45) is 10.7 Å². The van der Waals surface area contributed by atoms with Gasteiger partial charge in [0, 0.05) is 11.4 Å². The summed E-state index contributed by atoms with van der Waals surface area (Å²) >= 11 is 1.49. The molecular formula is C26H43N5O7S. The average Bonchev–Trinajstić information content (AvgIpc) is 3.23. The second-order valence-corrected chi connectivity index (χ2v) is 12.8. The highest BCUT2D eigenvalue weighted by Gasteiger charge is 2.28. The number of nitrogens with one attached hydrogen (secondary N) is 2. The molecule has 1 aromatic heterocycles. The van der Waals surface area contributed by atoms with Crippen molar-refractivity contribution in [3.8, 4) is 0 Å². The van der Waals surface area contributed by atoms with Crippen molar-refractivity contribution in [2.75, 3.05) is 6.54 Å². The van der Waals surface area contributed by atoms with E-state index in [0.717, 1.165) is 9.78 Å². The van der Waals surface area contributed by atoms with Gasteiger partial charge in [0.05, 0.1) is 6.54 Å². The third kappa shape index (κ3) is 15.0. The molecule has 1 unspecified atom stereocenters. The normalized spacial score (nSPS) is 13.2. The van der Waals surface area contributed by atoms with Gasteiger partial charge in [0.2, 0.25) is 11.9 Å². The molecule has 1 heterocycles. The van der Waals surface area contributed by atoms with E-state index in [1.165, 1.54) is 11.3 Å². The van der Waals surface area contributed by atoms with Crippen molar-refractivity contribution >= 4 is 41.5 Å². The fourth-order valence-electron chi connectivity index (χ4n) is 2.94. The molecule has 0 spiro atoms. The number of alkyl carbamates (subject to hydrolysis) is 1. The number of nitrogens with two attached hydrogens (primary N) is 1. The van der Waals surface area contributed by atoms with Gasteiger partial charge in [-0.15, -0.1) is 16.3 Å². The van der Waals surface area contributed by atoms with Crippen LogP contribution < -0.4 is 16.4 Å². The molecule has 0 saturated carbocycles. The molecule has 1 rings (SSSR count). The Labute approximate surface area is 234 Å². The van der Waals surface area contributed by atoms with Gasteiger partial charge in [-0.2, -0.15) is 0 Å². The number of aliphatic imine (C=N–C) groups is 1. The summed E-state index contributed by atoms with van der Waals surface area (Å²) in [4.78, 5) is 56.0. The Hall–Kier alpha value is -3.35. The number of amides is 4. The first-order chi connectivity index (χ1) is 17.8. The van der Waals surface area contributed by atoms with Gasteiger partial charge in [-0.05, 0) is 86.6 Å². The van der Waals surface area contributed by atoms with Crippen molar-refractivity contribution in [3.05, 3.63) is 22.4 Å². The van der Waals surface area contributed by atoms with E-state index >= 15 is 0 Å². The van der Waals surface area contributed by atoms with Crippen molar-refractivity contribution in [2.45, 2.75) is 105 Å². The van der Waals surface area contributed by atoms with Crippen LogP contribution in [0.15, 0.2) is 22.5 Å². The molecule has 39 heavy (non-hydrogen) atoms. The molecule has 0 aliphatic carbocycles. The third-order valence-electron chi connectivity index (χ3n) is 4.39. The number of nitrogens with zero attached hydrogens (tertiary/aromatic N) is 2. The van der Waals surface area contributed by atoms with Crippen LogP contribution in [0.2, 0.25) is 0 Å². The van der Waals surface area contributed by atoms with E-state index in [9.17, 15) is 19.2 Å². The van der Waals surface area contributed by atoms with Gasteiger partial charge in [-0.1, -0.05) is 6.07 Å². The smallest absolute Gasteiger partial charge is 0.437 e. The van der Waals surface area contributed by atoms with Crippen LogP contribution in [0.1, 0.15) is 80.0 Å². The first kappa shape index (κ1) is 33.7. The van der Waals surface area contributed by atoms with Crippen LogP contribution in [0, 0.1) is 0 Å². The minimum Gasteiger partial charge on any atom is -0.444 e. The van der Waals surface area contributed by atoms with E-state index in [4.69, 9.17) is 19.9 Å². The summed E-state index contributed by atoms with van der Waals surface area (Å²) in [5.41, 5.74) is 3.58. The number of carbonyl (C=O) groups is 4. The summed E-state index contributed by atoms with van der Waals surface area (Å²) < 4.78 is 15.9. The van der Waals surface area contributed by atoms with Gasteiger partial charge in [-0.25, -0.2) is 19.3 Å². The first-order valence-corrected chi connectivity index (χ1v) is 13.5. The van der Waals surface area contributed by atoms with Crippen LogP contribution in [0.3, 0.4) is 0 Å². The summed E-state index contributed by atoms with van der Waals surface area (Å²) in [6, 6.07) is 2.79. The van der Waals surface area contributed by atoms with E-state index in [1.54, 1.807) is 62.3 Å². The molecule has 0 saturated heterocycles. The number of hydrogen-bond acceptors (Lipinski definition) is 8. The topological polar surface area (TPSA) is 162 Å². The minimum atomic E-state index is -0.968. The summed E-state index contributed by atoms with van der Waals surface area (Å²) in [7, 11) is 0. The monoisotopic (exact) mass is 569 g/mol. The number of thiophene rings is 1. The molecule has 12 nitrogen and oxygen atoms in total. The standard InChI is InChI=1S/C26H43N5O7S/c1-24(2,3)36-21(33)29-18(19(32)28-16-17-12-11-15-39-17)13-10-14-31(23(35)38-26(7,8)9)20(27)30-22(34)37-25(4,5)6/h11-12,15,18H,10,13-14,16H2,1-9H3,(H,28,32)(H,29,33)(H2,27,30,34). The lowest BCUT2D eigenvalue weighted by atomic mass is 10.1. The number of guanidine groups is 1. The predicted molar refractivity (Wildman–Crippen MR) is 149 cm³/mol. The zero-order valence-corrected chi connectivity index (χ0v) is 25.2. The summed E-state index contributed by atoms with van der Waals surface area (Å²) in [6.07, 6.45) is -2.24. The lowest BCUT2D eigenvalue weighted by molar-refractivity contribution is -0.123. The number of carbonyl (C=O) groups excluding carboxylic acids is 4. The number of ether oxygens (including phenoxy) is 3. The molecule has 0 radical (unpaired) electrons. The van der Waals surface area contributed by atoms with Crippen LogP contribution in [0.25, 0.3) is 0 Å². The Morgan fingerprint density at radius 2 is 1.56 bits per heavy atom. The maximum Gasteiger partial charge on any atom is 0.437 e. The molecule has 0 aliphatic heterocycles. The lowest BCUT2D eigenvalue weighted by Crippen LogP contribution is -2.49. The van der Waals surface area contributed by atoms with E-state index in [1.807, 2.05) is 17.5 Å². The molecule has 1 atom stereocenters.